The fraction of sp³-hybridized carbons (Fsp3) is 0.333. The average Bonchev–Trinajstić information content (AvgIpc) is 2.11. The van der Waals surface area contributed by atoms with E-state index in [-0.39, 0.29) is 10.8 Å². The number of nitrogens with one attached hydrogen (secondary N) is 1. The van der Waals surface area contributed by atoms with Gasteiger partial charge in [0.15, 0.2) is 10.8 Å². The smallest absolute Gasteiger partial charge is 0.237 e. The first-order chi connectivity index (χ1) is 4.52. The second-order valence-corrected chi connectivity index (χ2v) is 4.13. The van der Waals surface area contributed by atoms with Gasteiger partial charge in [-0.1, -0.05) is 51.6 Å². The molecular formula is C3HCl4N3. The lowest BCUT2D eigenvalue weighted by molar-refractivity contribution is 0.915. The van der Waals surface area contributed by atoms with Crippen LogP contribution in [0.4, 0.5) is 0 Å². The van der Waals surface area contributed by atoms with Gasteiger partial charge in [-0.2, -0.15) is 0 Å². The Balaban J connectivity index is 3.05. The summed E-state index contributed by atoms with van der Waals surface area (Å²) in [6.45, 7) is 0. The van der Waals surface area contributed by atoms with Crippen molar-refractivity contribution < 1.29 is 0 Å². The highest BCUT2D eigenvalue weighted by atomic mass is 35.6. The van der Waals surface area contributed by atoms with Crippen molar-refractivity contribution in [2.75, 3.05) is 0 Å². The molecule has 1 rings (SSSR count). The van der Waals surface area contributed by atoms with Crippen LogP contribution in [0.15, 0.2) is 0 Å². The average molecular weight is 221 g/mol. The van der Waals surface area contributed by atoms with Crippen LogP contribution in [0.2, 0.25) is 5.15 Å². The maximum atomic E-state index is 5.49. The second kappa shape index (κ2) is 2.74. The van der Waals surface area contributed by atoms with Crippen molar-refractivity contribution in [2.24, 2.45) is 0 Å². The molecule has 0 radical (unpaired) electrons. The number of alkyl halides is 3. The van der Waals surface area contributed by atoms with E-state index in [1.807, 2.05) is 0 Å². The zero-order valence-electron chi connectivity index (χ0n) is 4.41. The van der Waals surface area contributed by atoms with E-state index in [4.69, 9.17) is 46.4 Å². The van der Waals surface area contributed by atoms with Crippen molar-refractivity contribution in [1.82, 2.24) is 15.4 Å². The molecule has 0 aliphatic carbocycles. The molecule has 0 amide bonds. The summed E-state index contributed by atoms with van der Waals surface area (Å²) in [6, 6.07) is 0. The molecule has 0 fully saturated rings. The number of nitrogens with zero attached hydrogens (tertiary/aromatic N) is 2. The summed E-state index contributed by atoms with van der Waals surface area (Å²) >= 11 is 21.8. The Labute approximate surface area is 76.6 Å². The Morgan fingerprint density at radius 2 is 1.90 bits per heavy atom. The van der Waals surface area contributed by atoms with Gasteiger partial charge in [-0.3, -0.25) is 0 Å². The maximum absolute atomic E-state index is 5.49. The minimum absolute atomic E-state index is 0.110. The zero-order chi connectivity index (χ0) is 7.78. The molecule has 0 aliphatic rings. The number of hydrogen-bond acceptors (Lipinski definition) is 2. The van der Waals surface area contributed by atoms with Crippen molar-refractivity contribution in [3.63, 3.8) is 0 Å². The lowest BCUT2D eigenvalue weighted by Crippen LogP contribution is -2.00. The van der Waals surface area contributed by atoms with E-state index in [1.54, 1.807) is 0 Å². The molecule has 1 aromatic heterocycles. The third kappa shape index (κ3) is 1.66. The van der Waals surface area contributed by atoms with Crippen LogP contribution in [0.3, 0.4) is 0 Å². The molecule has 1 heterocycles. The molecule has 0 bridgehead atoms. The molecule has 0 atom stereocenters. The Morgan fingerprint density at radius 3 is 2.10 bits per heavy atom. The second-order valence-electron chi connectivity index (χ2n) is 1.47. The number of halogens is 4. The maximum Gasteiger partial charge on any atom is 0.237 e. The molecule has 7 heteroatoms. The molecular weight excluding hydrogens is 220 g/mol. The highest BCUT2D eigenvalue weighted by Crippen LogP contribution is 2.39. The van der Waals surface area contributed by atoms with Crippen molar-refractivity contribution in [2.45, 2.75) is 3.79 Å². The van der Waals surface area contributed by atoms with Gasteiger partial charge in [0.25, 0.3) is 0 Å². The fourth-order valence-electron chi connectivity index (χ4n) is 0.397. The SMILES string of the molecule is Clc1[nH]nnc1C(Cl)(Cl)Cl. The number of rotatable bonds is 0. The number of hydrogen-bond donors (Lipinski definition) is 1. The van der Waals surface area contributed by atoms with E-state index in [1.165, 1.54) is 0 Å². The van der Waals surface area contributed by atoms with Crippen LogP contribution < -0.4 is 0 Å². The third-order valence-electron chi connectivity index (χ3n) is 0.775. The Kier molecular flexibility index (Phi) is 2.30. The normalized spacial score (nSPS) is 12.0. The number of H-pyrrole nitrogens is 1. The van der Waals surface area contributed by atoms with Crippen LogP contribution in [-0.4, -0.2) is 15.4 Å². The van der Waals surface area contributed by atoms with Crippen LogP contribution in [0.5, 0.6) is 0 Å². The van der Waals surface area contributed by atoms with Gasteiger partial charge in [0.2, 0.25) is 3.79 Å². The van der Waals surface area contributed by atoms with Crippen LogP contribution in [0.1, 0.15) is 5.69 Å². The first-order valence-electron chi connectivity index (χ1n) is 2.15. The summed E-state index contributed by atoms with van der Waals surface area (Å²) in [6.07, 6.45) is 0. The first kappa shape index (κ1) is 8.40. The van der Waals surface area contributed by atoms with Crippen LogP contribution >= 0.6 is 46.4 Å². The molecule has 0 saturated heterocycles. The van der Waals surface area contributed by atoms with Crippen molar-refractivity contribution >= 4 is 46.4 Å². The molecule has 1 aromatic rings. The van der Waals surface area contributed by atoms with Gasteiger partial charge >= 0.3 is 0 Å². The molecule has 0 aromatic carbocycles. The van der Waals surface area contributed by atoms with Crippen LogP contribution in [-0.2, 0) is 3.79 Å². The predicted molar refractivity (Wildman–Crippen MR) is 40.6 cm³/mol. The fourth-order valence-corrected chi connectivity index (χ4v) is 1.16. The Bertz CT molecular complexity index is 226. The van der Waals surface area contributed by atoms with E-state index in [0.717, 1.165) is 0 Å². The summed E-state index contributed by atoms with van der Waals surface area (Å²) in [5, 5.41) is 9.25. The highest BCUT2D eigenvalue weighted by molar-refractivity contribution is 6.67. The van der Waals surface area contributed by atoms with Gasteiger partial charge < -0.3 is 0 Å². The number of aromatic amines is 1. The third-order valence-corrected chi connectivity index (χ3v) is 1.58. The van der Waals surface area contributed by atoms with E-state index in [9.17, 15) is 0 Å². The highest BCUT2D eigenvalue weighted by Gasteiger charge is 2.29. The molecule has 0 aliphatic heterocycles. The van der Waals surface area contributed by atoms with Crippen molar-refractivity contribution in [3.05, 3.63) is 10.8 Å². The molecule has 3 nitrogen and oxygen atoms in total. The Hall–Kier alpha value is 0.300. The quantitative estimate of drug-likeness (QED) is 0.682. The van der Waals surface area contributed by atoms with Crippen LogP contribution in [0.25, 0.3) is 0 Å². The predicted octanol–water partition coefficient (Wildman–Crippen LogP) is 2.28. The van der Waals surface area contributed by atoms with Gasteiger partial charge in [0.1, 0.15) is 0 Å². The van der Waals surface area contributed by atoms with Gasteiger partial charge in [-0.15, -0.1) is 5.10 Å². The van der Waals surface area contributed by atoms with E-state index < -0.39 is 3.79 Å². The standard InChI is InChI=1S/C3HCl4N3/c4-2-1(3(5,6)7)8-10-9-2/h(H,8,9,10). The molecule has 0 unspecified atom stereocenters. The lowest BCUT2D eigenvalue weighted by atomic mass is 10.5. The molecule has 1 N–H and O–H groups in total. The minimum Gasteiger partial charge on any atom is -0.247 e. The monoisotopic (exact) mass is 219 g/mol. The van der Waals surface area contributed by atoms with E-state index in [2.05, 4.69) is 15.4 Å². The summed E-state index contributed by atoms with van der Waals surface area (Å²) in [4.78, 5) is 0. The molecule has 0 spiro atoms. The minimum atomic E-state index is -1.61. The van der Waals surface area contributed by atoms with Gasteiger partial charge in [-0.05, 0) is 0 Å². The van der Waals surface area contributed by atoms with E-state index >= 15 is 0 Å². The lowest BCUT2D eigenvalue weighted by Gasteiger charge is -2.04. The van der Waals surface area contributed by atoms with Crippen molar-refractivity contribution in [1.29, 1.82) is 0 Å². The summed E-state index contributed by atoms with van der Waals surface area (Å²) in [7, 11) is 0. The first-order valence-corrected chi connectivity index (χ1v) is 3.67. The topological polar surface area (TPSA) is 41.6 Å². The molecule has 0 saturated carbocycles. The van der Waals surface area contributed by atoms with Gasteiger partial charge in [0, 0.05) is 0 Å². The van der Waals surface area contributed by atoms with Gasteiger partial charge in [0.05, 0.1) is 0 Å². The summed E-state index contributed by atoms with van der Waals surface area (Å²) < 4.78 is -1.61. The Morgan fingerprint density at radius 1 is 1.30 bits per heavy atom. The molecule has 10 heavy (non-hydrogen) atoms. The summed E-state index contributed by atoms with van der Waals surface area (Å²) in [5.74, 6) is 0. The van der Waals surface area contributed by atoms with Crippen molar-refractivity contribution in [3.8, 4) is 0 Å². The van der Waals surface area contributed by atoms with Gasteiger partial charge in [-0.25, -0.2) is 5.10 Å². The van der Waals surface area contributed by atoms with E-state index in [0.29, 0.717) is 0 Å². The summed E-state index contributed by atoms with van der Waals surface area (Å²) in [5.41, 5.74) is 0.110. The zero-order valence-corrected chi connectivity index (χ0v) is 7.43. The molecule has 56 valence electrons. The largest absolute Gasteiger partial charge is 0.247 e. The number of aromatic nitrogens is 3. The van der Waals surface area contributed by atoms with Crippen LogP contribution in [0, 0.1) is 0 Å².